The van der Waals surface area contributed by atoms with E-state index in [-0.39, 0.29) is 0 Å². The summed E-state index contributed by atoms with van der Waals surface area (Å²) in [6.07, 6.45) is 0. The Bertz CT molecular complexity index is 302. The summed E-state index contributed by atoms with van der Waals surface area (Å²) in [6.45, 7) is 3.93. The zero-order valence-electron chi connectivity index (χ0n) is 6.02. The number of fused-ring (bicyclic) bond motifs is 1. The van der Waals surface area contributed by atoms with E-state index in [0.717, 1.165) is 16.8 Å². The predicted octanol–water partition coefficient (Wildman–Crippen LogP) is 2.07. The van der Waals surface area contributed by atoms with Crippen molar-refractivity contribution in [2.24, 2.45) is 0 Å². The number of phenolic OH excluding ortho intramolecular Hbond substituents is 1. The monoisotopic (exact) mass is 135 g/mol. The van der Waals surface area contributed by atoms with Crippen molar-refractivity contribution in [3.63, 3.8) is 0 Å². The number of rotatable bonds is 0. The zero-order valence-corrected chi connectivity index (χ0v) is 6.02. The van der Waals surface area contributed by atoms with Crippen LogP contribution in [0.25, 0.3) is 0 Å². The lowest BCUT2D eigenvalue weighted by atomic mass is 10.1. The first-order valence-corrected chi connectivity index (χ1v) is 3.30. The number of nitrogens with one attached hydrogen (secondary N) is 1. The SMILES string of the molecule is Cc1c(O)cc2c(c1C)N2. The summed E-state index contributed by atoms with van der Waals surface area (Å²) in [5, 5.41) is 12.4. The van der Waals surface area contributed by atoms with Gasteiger partial charge < -0.3 is 10.4 Å². The van der Waals surface area contributed by atoms with Crippen LogP contribution in [0.1, 0.15) is 11.1 Å². The van der Waals surface area contributed by atoms with E-state index in [2.05, 4.69) is 5.32 Å². The summed E-state index contributed by atoms with van der Waals surface area (Å²) in [5.41, 5.74) is 4.40. The normalized spacial score (nSPS) is 12.2. The second-order valence-corrected chi connectivity index (χ2v) is 2.69. The standard InChI is InChI=1S/C8H9NO/c1-4-5(2)8-6(9-8)3-7(4)10/h3,9-10H,1-2H3. The van der Waals surface area contributed by atoms with Gasteiger partial charge in [-0.15, -0.1) is 0 Å². The molecule has 1 aliphatic rings. The molecule has 2 nitrogen and oxygen atoms in total. The van der Waals surface area contributed by atoms with E-state index in [4.69, 9.17) is 0 Å². The third kappa shape index (κ3) is 0.533. The van der Waals surface area contributed by atoms with E-state index >= 15 is 0 Å². The summed E-state index contributed by atoms with van der Waals surface area (Å²) in [4.78, 5) is 0. The molecule has 0 saturated heterocycles. The first-order chi connectivity index (χ1) is 4.70. The van der Waals surface area contributed by atoms with Gasteiger partial charge in [-0.3, -0.25) is 0 Å². The Balaban J connectivity index is 2.73. The first-order valence-electron chi connectivity index (χ1n) is 3.30. The van der Waals surface area contributed by atoms with Crippen molar-refractivity contribution in [3.8, 4) is 5.75 Å². The maximum atomic E-state index is 9.27. The Kier molecular flexibility index (Phi) is 0.813. The zero-order chi connectivity index (χ0) is 7.30. The minimum atomic E-state index is 0.390. The molecule has 1 heterocycles. The Hall–Kier alpha value is -1.18. The van der Waals surface area contributed by atoms with E-state index in [0.29, 0.717) is 5.75 Å². The van der Waals surface area contributed by atoms with E-state index in [1.807, 2.05) is 13.8 Å². The number of hydrogen-bond donors (Lipinski definition) is 2. The van der Waals surface area contributed by atoms with Crippen molar-refractivity contribution < 1.29 is 5.11 Å². The molecule has 0 spiro atoms. The molecule has 1 aromatic rings. The first kappa shape index (κ1) is 5.59. The smallest absolute Gasteiger partial charge is 0.120 e. The molecule has 0 bridgehead atoms. The predicted molar refractivity (Wildman–Crippen MR) is 40.9 cm³/mol. The van der Waals surface area contributed by atoms with Gasteiger partial charge in [0.1, 0.15) is 5.75 Å². The van der Waals surface area contributed by atoms with Crippen LogP contribution in [0.4, 0.5) is 11.4 Å². The molecule has 0 fully saturated rings. The lowest BCUT2D eigenvalue weighted by Gasteiger charge is -1.97. The molecule has 2 heteroatoms. The van der Waals surface area contributed by atoms with Gasteiger partial charge in [-0.1, -0.05) is 0 Å². The van der Waals surface area contributed by atoms with E-state index in [1.165, 1.54) is 5.69 Å². The molecule has 0 saturated carbocycles. The molecule has 0 aliphatic carbocycles. The van der Waals surface area contributed by atoms with E-state index in [9.17, 15) is 5.11 Å². The maximum absolute atomic E-state index is 9.27. The highest BCUT2D eigenvalue weighted by Gasteiger charge is 2.21. The number of phenols is 1. The van der Waals surface area contributed by atoms with Gasteiger partial charge in [-0.25, -0.2) is 0 Å². The third-order valence-electron chi connectivity index (χ3n) is 2.07. The van der Waals surface area contributed by atoms with Gasteiger partial charge in [0, 0.05) is 6.07 Å². The summed E-state index contributed by atoms with van der Waals surface area (Å²) >= 11 is 0. The van der Waals surface area contributed by atoms with Crippen molar-refractivity contribution in [2.75, 3.05) is 5.32 Å². The Morgan fingerprint density at radius 1 is 1.30 bits per heavy atom. The average molecular weight is 135 g/mol. The molecule has 1 aromatic carbocycles. The second kappa shape index (κ2) is 1.45. The van der Waals surface area contributed by atoms with E-state index < -0.39 is 0 Å². The van der Waals surface area contributed by atoms with Crippen molar-refractivity contribution in [1.82, 2.24) is 0 Å². The van der Waals surface area contributed by atoms with Crippen molar-refractivity contribution >= 4 is 11.4 Å². The van der Waals surface area contributed by atoms with Gasteiger partial charge in [-0.2, -0.15) is 0 Å². The Morgan fingerprint density at radius 2 is 2.00 bits per heavy atom. The Labute approximate surface area is 59.5 Å². The summed E-state index contributed by atoms with van der Waals surface area (Å²) in [6, 6.07) is 1.76. The highest BCUT2D eigenvalue weighted by Crippen LogP contribution is 2.46. The van der Waals surface area contributed by atoms with Crippen LogP contribution in [-0.4, -0.2) is 5.11 Å². The van der Waals surface area contributed by atoms with Crippen LogP contribution in [0, 0.1) is 13.8 Å². The van der Waals surface area contributed by atoms with Gasteiger partial charge in [0.2, 0.25) is 0 Å². The van der Waals surface area contributed by atoms with Gasteiger partial charge in [0.15, 0.2) is 0 Å². The maximum Gasteiger partial charge on any atom is 0.120 e. The van der Waals surface area contributed by atoms with Gasteiger partial charge in [0.25, 0.3) is 0 Å². The highest BCUT2D eigenvalue weighted by atomic mass is 16.3. The fourth-order valence-corrected chi connectivity index (χ4v) is 1.13. The van der Waals surface area contributed by atoms with Crippen LogP contribution < -0.4 is 5.32 Å². The van der Waals surface area contributed by atoms with Crippen molar-refractivity contribution in [3.05, 3.63) is 17.2 Å². The van der Waals surface area contributed by atoms with Crippen molar-refractivity contribution in [1.29, 1.82) is 0 Å². The van der Waals surface area contributed by atoms with Crippen LogP contribution >= 0.6 is 0 Å². The molecule has 0 amide bonds. The van der Waals surface area contributed by atoms with Crippen molar-refractivity contribution in [2.45, 2.75) is 13.8 Å². The molecule has 0 atom stereocenters. The summed E-state index contributed by atoms with van der Waals surface area (Å²) in [7, 11) is 0. The van der Waals surface area contributed by atoms with Crippen LogP contribution in [0.3, 0.4) is 0 Å². The number of aromatic hydroxyl groups is 1. The van der Waals surface area contributed by atoms with Crippen LogP contribution in [0.5, 0.6) is 5.75 Å². The summed E-state index contributed by atoms with van der Waals surface area (Å²) < 4.78 is 0. The number of hydrogen-bond acceptors (Lipinski definition) is 2. The third-order valence-corrected chi connectivity index (χ3v) is 2.07. The molecule has 2 rings (SSSR count). The Morgan fingerprint density at radius 3 is 2.70 bits per heavy atom. The molecule has 0 radical (unpaired) electrons. The fraction of sp³-hybridized carbons (Fsp3) is 0.250. The average Bonchev–Trinajstić information content (AvgIpc) is 2.62. The molecule has 10 heavy (non-hydrogen) atoms. The molecular formula is C8H9NO. The van der Waals surface area contributed by atoms with Crippen LogP contribution in [-0.2, 0) is 0 Å². The summed E-state index contributed by atoms with van der Waals surface area (Å²) in [5.74, 6) is 0.390. The second-order valence-electron chi connectivity index (χ2n) is 2.69. The molecule has 52 valence electrons. The van der Waals surface area contributed by atoms with Crippen LogP contribution in [0.15, 0.2) is 6.07 Å². The number of benzene rings is 1. The van der Waals surface area contributed by atoms with Gasteiger partial charge in [0.05, 0.1) is 11.4 Å². The minimum Gasteiger partial charge on any atom is -0.508 e. The van der Waals surface area contributed by atoms with Gasteiger partial charge >= 0.3 is 0 Å². The van der Waals surface area contributed by atoms with E-state index in [1.54, 1.807) is 6.07 Å². The van der Waals surface area contributed by atoms with Gasteiger partial charge in [-0.05, 0) is 25.0 Å². The topological polar surface area (TPSA) is 42.2 Å². The molecule has 1 aliphatic heterocycles. The molecular weight excluding hydrogens is 126 g/mol. The minimum absolute atomic E-state index is 0.390. The lowest BCUT2D eigenvalue weighted by molar-refractivity contribution is 0.471. The lowest BCUT2D eigenvalue weighted by Crippen LogP contribution is -1.75. The fourth-order valence-electron chi connectivity index (χ4n) is 1.13. The highest BCUT2D eigenvalue weighted by molar-refractivity contribution is 5.94. The van der Waals surface area contributed by atoms with Crippen LogP contribution in [0.2, 0.25) is 0 Å². The molecule has 2 N–H and O–H groups in total. The molecule has 0 aromatic heterocycles. The largest absolute Gasteiger partial charge is 0.508 e. The quantitative estimate of drug-likeness (QED) is 0.429. The number of anilines is 2. The molecule has 0 unspecified atom stereocenters.